The van der Waals surface area contributed by atoms with Crippen LogP contribution in [0, 0.1) is 0 Å². The molecule has 0 atom stereocenters. The molecule has 22 heavy (non-hydrogen) atoms. The van der Waals surface area contributed by atoms with Crippen molar-refractivity contribution in [2.75, 3.05) is 11.9 Å². The summed E-state index contributed by atoms with van der Waals surface area (Å²) < 4.78 is 28.3. The Morgan fingerprint density at radius 2 is 1.86 bits per heavy atom. The summed E-state index contributed by atoms with van der Waals surface area (Å²) in [5, 5.41) is 8.64. The van der Waals surface area contributed by atoms with E-state index in [2.05, 4.69) is 20.7 Å². The fraction of sp³-hybridized carbons (Fsp3) is 0.429. The number of ether oxygens (including phenoxy) is 1. The smallest absolute Gasteiger partial charge is 0.387 e. The minimum atomic E-state index is -2.86. The van der Waals surface area contributed by atoms with Gasteiger partial charge < -0.3 is 20.7 Å². The summed E-state index contributed by atoms with van der Waals surface area (Å²) in [7, 11) is 0. The number of nitrogens with one attached hydrogen (secondary N) is 3. The number of hydrogen-bond donors (Lipinski definition) is 3. The first-order valence-electron chi connectivity index (χ1n) is 6.56. The molecule has 0 spiro atoms. The van der Waals surface area contributed by atoms with Gasteiger partial charge in [0.15, 0.2) is 5.11 Å². The molecule has 0 bridgehead atoms. The Hall–Kier alpha value is -1.96. The average Bonchev–Trinajstić information content (AvgIpc) is 2.36. The summed E-state index contributed by atoms with van der Waals surface area (Å²) >= 11 is 5.05. The summed E-state index contributed by atoms with van der Waals surface area (Å²) in [4.78, 5) is 11.6. The molecule has 0 aliphatic carbocycles. The number of carbonyl (C=O) groups is 1. The summed E-state index contributed by atoms with van der Waals surface area (Å²) in [6.45, 7) is 2.82. The maximum absolute atomic E-state index is 12.0. The Labute approximate surface area is 133 Å². The molecule has 122 valence electrons. The van der Waals surface area contributed by atoms with E-state index >= 15 is 0 Å². The number of alkyl halides is 2. The molecule has 1 amide bonds. The number of carbonyl (C=O) groups excluding carboxylic acids is 1. The summed E-state index contributed by atoms with van der Waals surface area (Å²) in [5.41, 5.74) is 0.282. The lowest BCUT2D eigenvalue weighted by Crippen LogP contribution is -2.46. The number of rotatable bonds is 5. The molecule has 0 aromatic heterocycles. The van der Waals surface area contributed by atoms with E-state index in [1.165, 1.54) is 12.1 Å². The van der Waals surface area contributed by atoms with Gasteiger partial charge in [-0.1, -0.05) is 0 Å². The van der Waals surface area contributed by atoms with Crippen LogP contribution in [0.15, 0.2) is 24.3 Å². The highest BCUT2D eigenvalue weighted by atomic mass is 32.1. The van der Waals surface area contributed by atoms with Gasteiger partial charge in [-0.15, -0.1) is 0 Å². The molecule has 0 fully saturated rings. The fourth-order valence-corrected chi connectivity index (χ4v) is 1.71. The second-order valence-electron chi connectivity index (χ2n) is 5.51. The number of halogens is 2. The Morgan fingerprint density at radius 3 is 2.36 bits per heavy atom. The average molecular weight is 331 g/mol. The van der Waals surface area contributed by atoms with Crippen molar-refractivity contribution in [2.24, 2.45) is 0 Å². The highest BCUT2D eigenvalue weighted by molar-refractivity contribution is 7.80. The minimum absolute atomic E-state index is 0.0374. The van der Waals surface area contributed by atoms with Gasteiger partial charge in [0, 0.05) is 11.2 Å². The van der Waals surface area contributed by atoms with Crippen molar-refractivity contribution < 1.29 is 18.3 Å². The van der Waals surface area contributed by atoms with Crippen molar-refractivity contribution in [3.63, 3.8) is 0 Å². The molecule has 0 heterocycles. The molecule has 0 aliphatic heterocycles. The quantitative estimate of drug-likeness (QED) is 0.724. The van der Waals surface area contributed by atoms with Crippen LogP contribution in [-0.4, -0.2) is 29.7 Å². The number of anilines is 1. The lowest BCUT2D eigenvalue weighted by Gasteiger charge is -2.21. The largest absolute Gasteiger partial charge is 0.435 e. The Morgan fingerprint density at radius 1 is 1.27 bits per heavy atom. The van der Waals surface area contributed by atoms with Gasteiger partial charge in [-0.05, 0) is 57.3 Å². The molecule has 1 aromatic rings. The van der Waals surface area contributed by atoms with Crippen LogP contribution in [0.4, 0.5) is 14.5 Å². The topological polar surface area (TPSA) is 62.4 Å². The first-order chi connectivity index (χ1) is 10.2. The van der Waals surface area contributed by atoms with E-state index in [9.17, 15) is 13.6 Å². The van der Waals surface area contributed by atoms with Crippen LogP contribution in [0.1, 0.15) is 20.8 Å². The zero-order valence-electron chi connectivity index (χ0n) is 12.6. The van der Waals surface area contributed by atoms with E-state index in [-0.39, 0.29) is 28.9 Å². The third kappa shape index (κ3) is 7.72. The maximum Gasteiger partial charge on any atom is 0.387 e. The first-order valence-corrected chi connectivity index (χ1v) is 6.97. The van der Waals surface area contributed by atoms with Crippen molar-refractivity contribution in [1.82, 2.24) is 10.6 Å². The Balaban J connectivity index is 2.40. The highest BCUT2D eigenvalue weighted by Gasteiger charge is 2.13. The van der Waals surface area contributed by atoms with Gasteiger partial charge in [-0.2, -0.15) is 8.78 Å². The standard InChI is InChI=1S/C14H19F2N3O2S/c1-14(2,3)19-11(20)8-17-13(22)18-9-4-6-10(7-5-9)21-12(15)16/h4-7,12H,8H2,1-3H3,(H,19,20)(H2,17,18,22). The van der Waals surface area contributed by atoms with Crippen LogP contribution in [0.2, 0.25) is 0 Å². The number of thiocarbonyl (C=S) groups is 1. The zero-order valence-corrected chi connectivity index (χ0v) is 13.4. The predicted molar refractivity (Wildman–Crippen MR) is 85.2 cm³/mol. The van der Waals surface area contributed by atoms with Crippen molar-refractivity contribution in [1.29, 1.82) is 0 Å². The maximum atomic E-state index is 12.0. The molecular weight excluding hydrogens is 312 g/mol. The second-order valence-corrected chi connectivity index (χ2v) is 5.92. The normalized spacial score (nSPS) is 11.0. The van der Waals surface area contributed by atoms with Crippen molar-refractivity contribution in [3.8, 4) is 5.75 Å². The lowest BCUT2D eigenvalue weighted by atomic mass is 10.1. The Bertz CT molecular complexity index is 516. The van der Waals surface area contributed by atoms with Gasteiger partial charge in [-0.25, -0.2) is 0 Å². The summed E-state index contributed by atoms with van der Waals surface area (Å²) in [6, 6.07) is 5.87. The van der Waals surface area contributed by atoms with Gasteiger partial charge in [0.1, 0.15) is 5.75 Å². The van der Waals surface area contributed by atoms with E-state index in [0.29, 0.717) is 5.69 Å². The fourth-order valence-electron chi connectivity index (χ4n) is 1.52. The predicted octanol–water partition coefficient (Wildman–Crippen LogP) is 2.49. The van der Waals surface area contributed by atoms with Crippen LogP contribution in [0.3, 0.4) is 0 Å². The van der Waals surface area contributed by atoms with E-state index in [1.807, 2.05) is 20.8 Å². The highest BCUT2D eigenvalue weighted by Crippen LogP contribution is 2.17. The van der Waals surface area contributed by atoms with Gasteiger partial charge in [-0.3, -0.25) is 4.79 Å². The van der Waals surface area contributed by atoms with E-state index in [4.69, 9.17) is 12.2 Å². The van der Waals surface area contributed by atoms with E-state index in [1.54, 1.807) is 12.1 Å². The van der Waals surface area contributed by atoms with Crippen LogP contribution in [0.25, 0.3) is 0 Å². The third-order valence-corrected chi connectivity index (χ3v) is 2.51. The SMILES string of the molecule is CC(C)(C)NC(=O)CNC(=S)Nc1ccc(OC(F)F)cc1. The summed E-state index contributed by atoms with van der Waals surface area (Å²) in [5.74, 6) is -0.124. The van der Waals surface area contributed by atoms with Crippen molar-refractivity contribution in [3.05, 3.63) is 24.3 Å². The molecule has 1 rings (SSSR count). The zero-order chi connectivity index (χ0) is 16.8. The number of amides is 1. The van der Waals surface area contributed by atoms with Crippen LogP contribution in [0.5, 0.6) is 5.75 Å². The monoisotopic (exact) mass is 331 g/mol. The molecule has 0 unspecified atom stereocenters. The molecular formula is C14H19F2N3O2S. The first kappa shape index (κ1) is 18.1. The molecule has 3 N–H and O–H groups in total. The molecule has 0 radical (unpaired) electrons. The van der Waals surface area contributed by atoms with Crippen molar-refractivity contribution in [2.45, 2.75) is 32.9 Å². The van der Waals surface area contributed by atoms with Crippen LogP contribution in [-0.2, 0) is 4.79 Å². The van der Waals surface area contributed by atoms with Crippen LogP contribution >= 0.6 is 12.2 Å². The molecule has 0 saturated carbocycles. The Kier molecular flexibility index (Phi) is 6.48. The third-order valence-electron chi connectivity index (χ3n) is 2.26. The molecule has 1 aromatic carbocycles. The number of hydrogen-bond acceptors (Lipinski definition) is 3. The minimum Gasteiger partial charge on any atom is -0.435 e. The van der Waals surface area contributed by atoms with E-state index in [0.717, 1.165) is 0 Å². The molecule has 0 aliphatic rings. The van der Waals surface area contributed by atoms with E-state index < -0.39 is 6.61 Å². The molecule has 0 saturated heterocycles. The molecule has 5 nitrogen and oxygen atoms in total. The summed E-state index contributed by atoms with van der Waals surface area (Å²) in [6.07, 6.45) is 0. The van der Waals surface area contributed by atoms with Crippen LogP contribution < -0.4 is 20.7 Å². The second kappa shape index (κ2) is 7.88. The number of benzene rings is 1. The molecule has 8 heteroatoms. The van der Waals surface area contributed by atoms with Gasteiger partial charge in [0.2, 0.25) is 5.91 Å². The lowest BCUT2D eigenvalue weighted by molar-refractivity contribution is -0.121. The van der Waals surface area contributed by atoms with Gasteiger partial charge in [0.25, 0.3) is 0 Å². The van der Waals surface area contributed by atoms with Gasteiger partial charge in [0.05, 0.1) is 6.54 Å². The van der Waals surface area contributed by atoms with Gasteiger partial charge >= 0.3 is 6.61 Å². The van der Waals surface area contributed by atoms with Crippen molar-refractivity contribution >= 4 is 28.9 Å².